The van der Waals surface area contributed by atoms with Gasteiger partial charge in [0.25, 0.3) is 11.1 Å². The van der Waals surface area contributed by atoms with Crippen LogP contribution in [0.4, 0.5) is 0 Å². The summed E-state index contributed by atoms with van der Waals surface area (Å²) in [6, 6.07) is 6.33. The number of nitrogens with one attached hydrogen (secondary N) is 1. The standard InChI is InChI=1S/C17H10I4N2O4/c1-2-27-17(26)7-3-5-8(6-4-7)23-16(25)10-9(15(24)22-23)11(18)13(20)14(21)12(10)19/h3-6H,2H2,1H3,(H,22,24). The topological polar surface area (TPSA) is 81.2 Å². The van der Waals surface area contributed by atoms with E-state index >= 15 is 0 Å². The number of esters is 1. The van der Waals surface area contributed by atoms with Crippen LogP contribution in [0.1, 0.15) is 17.3 Å². The lowest BCUT2D eigenvalue weighted by atomic mass is 10.2. The molecule has 10 heteroatoms. The van der Waals surface area contributed by atoms with E-state index in [-0.39, 0.29) is 17.7 Å². The molecule has 0 unspecified atom stereocenters. The van der Waals surface area contributed by atoms with Crippen LogP contribution >= 0.6 is 90.4 Å². The number of carbonyl (C=O) groups is 1. The number of H-pyrrole nitrogens is 1. The third-order valence-corrected chi connectivity index (χ3v) is 11.2. The zero-order valence-electron chi connectivity index (χ0n) is 13.6. The van der Waals surface area contributed by atoms with Gasteiger partial charge < -0.3 is 4.74 Å². The lowest BCUT2D eigenvalue weighted by molar-refractivity contribution is 0.0526. The highest BCUT2D eigenvalue weighted by Crippen LogP contribution is 2.31. The van der Waals surface area contributed by atoms with Gasteiger partial charge in [0.05, 0.1) is 28.6 Å². The van der Waals surface area contributed by atoms with Gasteiger partial charge in [-0.1, -0.05) is 0 Å². The van der Waals surface area contributed by atoms with E-state index in [2.05, 4.69) is 95.5 Å². The van der Waals surface area contributed by atoms with Crippen molar-refractivity contribution in [3.05, 3.63) is 64.8 Å². The molecule has 1 N–H and O–H groups in total. The number of carbonyl (C=O) groups excluding carboxylic acids is 1. The quantitative estimate of drug-likeness (QED) is 0.186. The second-order valence-electron chi connectivity index (χ2n) is 5.35. The number of aromatic amines is 1. The minimum atomic E-state index is -0.434. The Kier molecular flexibility index (Phi) is 6.88. The normalized spacial score (nSPS) is 11.0. The predicted molar refractivity (Wildman–Crippen MR) is 137 cm³/mol. The molecule has 2 aromatic carbocycles. The van der Waals surface area contributed by atoms with Gasteiger partial charge in [-0.2, -0.15) is 0 Å². The molecule has 0 saturated carbocycles. The Bertz CT molecular complexity index is 1180. The van der Waals surface area contributed by atoms with Crippen LogP contribution in [0.25, 0.3) is 16.5 Å². The second-order valence-corrected chi connectivity index (χ2v) is 9.67. The monoisotopic (exact) mass is 814 g/mol. The Morgan fingerprint density at radius 2 is 1.52 bits per heavy atom. The Balaban J connectivity index is 2.26. The Morgan fingerprint density at radius 3 is 2.07 bits per heavy atom. The van der Waals surface area contributed by atoms with Gasteiger partial charge in [-0.25, -0.2) is 9.48 Å². The van der Waals surface area contributed by atoms with Crippen molar-refractivity contribution in [3.8, 4) is 5.69 Å². The SMILES string of the molecule is CCOC(=O)c1ccc(-n2[nH]c(=O)c3c(I)c(I)c(I)c(I)c3c2=O)cc1. The van der Waals surface area contributed by atoms with E-state index < -0.39 is 5.97 Å². The van der Waals surface area contributed by atoms with Crippen LogP contribution < -0.4 is 11.1 Å². The molecule has 0 bridgehead atoms. The molecule has 0 atom stereocenters. The first-order valence-corrected chi connectivity index (χ1v) is 11.9. The number of rotatable bonds is 3. The Hall–Kier alpha value is -0.230. The number of aromatic nitrogens is 2. The molecule has 0 aliphatic carbocycles. The molecule has 27 heavy (non-hydrogen) atoms. The highest BCUT2D eigenvalue weighted by atomic mass is 127. The zero-order valence-corrected chi connectivity index (χ0v) is 22.2. The molecule has 140 valence electrons. The summed E-state index contributed by atoms with van der Waals surface area (Å²) < 4.78 is 9.57. The summed E-state index contributed by atoms with van der Waals surface area (Å²) in [6.45, 7) is 2.02. The molecule has 3 rings (SSSR count). The average molecular weight is 814 g/mol. The summed E-state index contributed by atoms with van der Waals surface area (Å²) in [5, 5.41) is 3.43. The first-order valence-electron chi connectivity index (χ1n) is 7.56. The molecule has 0 spiro atoms. The Morgan fingerprint density at radius 1 is 0.963 bits per heavy atom. The van der Waals surface area contributed by atoms with E-state index in [1.165, 1.54) is 4.68 Å². The molecule has 0 aliphatic heterocycles. The van der Waals surface area contributed by atoms with Crippen molar-refractivity contribution in [1.29, 1.82) is 0 Å². The maximum Gasteiger partial charge on any atom is 0.338 e. The van der Waals surface area contributed by atoms with Crippen LogP contribution in [-0.4, -0.2) is 22.4 Å². The van der Waals surface area contributed by atoms with Crippen LogP contribution in [0.3, 0.4) is 0 Å². The first kappa shape index (κ1) is 21.5. The molecule has 1 aromatic heterocycles. The number of halogens is 4. The van der Waals surface area contributed by atoms with E-state index in [1.54, 1.807) is 31.2 Å². The predicted octanol–water partition coefficient (Wildman–Crippen LogP) is 4.27. The van der Waals surface area contributed by atoms with Crippen molar-refractivity contribution < 1.29 is 9.53 Å². The van der Waals surface area contributed by atoms with Gasteiger partial charge in [0.2, 0.25) is 0 Å². The second kappa shape index (κ2) is 8.64. The minimum absolute atomic E-state index is 0.284. The lowest BCUT2D eigenvalue weighted by Gasteiger charge is -2.12. The molecular formula is C17H10I4N2O4. The lowest BCUT2D eigenvalue weighted by Crippen LogP contribution is -2.30. The van der Waals surface area contributed by atoms with E-state index in [0.717, 1.165) is 14.3 Å². The van der Waals surface area contributed by atoms with Gasteiger partial charge in [0, 0.05) is 14.3 Å². The third-order valence-electron chi connectivity index (χ3n) is 3.76. The van der Waals surface area contributed by atoms with Crippen molar-refractivity contribution in [2.45, 2.75) is 6.92 Å². The summed E-state index contributed by atoms with van der Waals surface area (Å²) >= 11 is 8.57. The fourth-order valence-electron chi connectivity index (χ4n) is 2.51. The summed E-state index contributed by atoms with van der Waals surface area (Å²) in [7, 11) is 0. The number of fused-ring (bicyclic) bond motifs is 1. The summed E-state index contributed by atoms with van der Waals surface area (Å²) in [5.41, 5.74) is 0.192. The van der Waals surface area contributed by atoms with E-state index in [0.29, 0.717) is 22.0 Å². The van der Waals surface area contributed by atoms with Gasteiger partial charge in [-0.05, 0) is 122 Å². The van der Waals surface area contributed by atoms with Crippen LogP contribution in [0, 0.1) is 14.3 Å². The van der Waals surface area contributed by atoms with E-state index in [4.69, 9.17) is 4.74 Å². The molecule has 0 aliphatic rings. The van der Waals surface area contributed by atoms with Gasteiger partial charge in [0.1, 0.15) is 0 Å². The number of nitrogens with zero attached hydrogens (tertiary/aromatic N) is 1. The number of hydrogen-bond donors (Lipinski definition) is 1. The van der Waals surface area contributed by atoms with Crippen LogP contribution in [0.2, 0.25) is 0 Å². The average Bonchev–Trinajstić information content (AvgIpc) is 2.66. The maximum absolute atomic E-state index is 13.1. The molecule has 0 saturated heterocycles. The van der Waals surface area contributed by atoms with Gasteiger partial charge in [-0.3, -0.25) is 14.7 Å². The van der Waals surface area contributed by atoms with E-state index in [9.17, 15) is 14.4 Å². The molecule has 6 nitrogen and oxygen atoms in total. The van der Waals surface area contributed by atoms with Crippen LogP contribution in [-0.2, 0) is 4.74 Å². The number of hydrogen-bond acceptors (Lipinski definition) is 4. The third kappa shape index (κ3) is 3.94. The highest BCUT2D eigenvalue weighted by Gasteiger charge is 2.20. The van der Waals surface area contributed by atoms with Gasteiger partial charge >= 0.3 is 5.97 Å². The first-order chi connectivity index (χ1) is 12.8. The molecule has 0 fully saturated rings. The highest BCUT2D eigenvalue weighted by molar-refractivity contribution is 14.1. The maximum atomic E-state index is 13.1. The van der Waals surface area contributed by atoms with Crippen molar-refractivity contribution in [2.24, 2.45) is 0 Å². The molecule has 0 amide bonds. The van der Waals surface area contributed by atoms with Crippen molar-refractivity contribution >= 4 is 107 Å². The molecule has 0 radical (unpaired) electrons. The van der Waals surface area contributed by atoms with Gasteiger partial charge in [0.15, 0.2) is 0 Å². The summed E-state index contributed by atoms with van der Waals surface area (Å²) in [5.74, 6) is -0.434. The largest absolute Gasteiger partial charge is 0.462 e. The number of ether oxygens (including phenoxy) is 1. The Labute approximate surface area is 208 Å². The molecule has 3 aromatic rings. The summed E-state index contributed by atoms with van der Waals surface area (Å²) in [4.78, 5) is 37.6. The van der Waals surface area contributed by atoms with Crippen molar-refractivity contribution in [3.63, 3.8) is 0 Å². The van der Waals surface area contributed by atoms with Crippen molar-refractivity contribution in [1.82, 2.24) is 9.78 Å². The van der Waals surface area contributed by atoms with Crippen molar-refractivity contribution in [2.75, 3.05) is 6.61 Å². The molecular weight excluding hydrogens is 804 g/mol. The van der Waals surface area contributed by atoms with Gasteiger partial charge in [-0.15, -0.1) is 0 Å². The van der Waals surface area contributed by atoms with Crippen LogP contribution in [0.5, 0.6) is 0 Å². The summed E-state index contributed by atoms with van der Waals surface area (Å²) in [6.07, 6.45) is 0. The minimum Gasteiger partial charge on any atom is -0.462 e. The van der Waals surface area contributed by atoms with Crippen LogP contribution in [0.15, 0.2) is 33.9 Å². The number of benzene rings is 2. The fraction of sp³-hybridized carbons (Fsp3) is 0.118. The zero-order chi connectivity index (χ0) is 19.9. The molecule has 1 heterocycles. The smallest absolute Gasteiger partial charge is 0.338 e. The fourth-order valence-corrected chi connectivity index (χ4v) is 6.17. The van der Waals surface area contributed by atoms with E-state index in [1.807, 2.05) is 0 Å².